The first kappa shape index (κ1) is 48.2. The fourth-order valence-electron chi connectivity index (χ4n) is 7.39. The highest BCUT2D eigenvalue weighted by Gasteiger charge is 2.31. The summed E-state index contributed by atoms with van der Waals surface area (Å²) in [5.74, 6) is -2.37. The molecule has 19 heteroatoms. The Morgan fingerprint density at radius 3 is 1.45 bits per heavy atom. The molecule has 0 aliphatic rings. The Balaban J connectivity index is 0.000000215. The number of imidazole rings is 2. The Morgan fingerprint density at radius 2 is 1.05 bits per heavy atom. The molecule has 6 aromatic heterocycles. The number of nitrogens with zero attached hydrogens (tertiary/aromatic N) is 8. The number of aryl methyl sites for hydroxylation is 3. The van der Waals surface area contributed by atoms with E-state index in [9.17, 15) is 40.3 Å². The highest BCUT2D eigenvalue weighted by molar-refractivity contribution is 6.01. The Bertz CT molecular complexity index is 3010. The third-order valence-electron chi connectivity index (χ3n) is 10.6. The minimum atomic E-state index is -4.51. The molecule has 6 heterocycles. The molecule has 0 fully saturated rings. The third-order valence-corrected chi connectivity index (χ3v) is 10.6. The average molecular weight is 919 g/mol. The topological polar surface area (TPSA) is 123 Å². The van der Waals surface area contributed by atoms with Gasteiger partial charge in [-0.25, -0.2) is 14.4 Å². The van der Waals surface area contributed by atoms with Crippen LogP contribution in [0.5, 0.6) is 11.5 Å². The molecular formula is C47H45F7N8O4. The first-order chi connectivity index (χ1) is 30.9. The average Bonchev–Trinajstić information content (AvgIpc) is 4.10. The van der Waals surface area contributed by atoms with Gasteiger partial charge in [0.25, 0.3) is 0 Å². The minimum absolute atomic E-state index is 0. The highest BCUT2D eigenvalue weighted by Crippen LogP contribution is 2.36. The molecule has 0 unspecified atom stereocenters. The van der Waals surface area contributed by atoms with E-state index < -0.39 is 61.0 Å². The van der Waals surface area contributed by atoms with E-state index in [1.807, 2.05) is 74.3 Å². The van der Waals surface area contributed by atoms with Gasteiger partial charge in [-0.15, -0.1) is 0 Å². The maximum Gasteiger partial charge on any atom is 0.389 e. The number of carbonyl (C=O) groups is 2. The zero-order valence-electron chi connectivity index (χ0n) is 35.6. The van der Waals surface area contributed by atoms with E-state index >= 15 is 0 Å². The van der Waals surface area contributed by atoms with Crippen LogP contribution in [0.2, 0.25) is 0 Å². The van der Waals surface area contributed by atoms with Gasteiger partial charge in [0.15, 0.2) is 11.6 Å². The molecule has 0 N–H and O–H groups in total. The van der Waals surface area contributed by atoms with Crippen molar-refractivity contribution in [3.63, 3.8) is 0 Å². The number of halogens is 7. The van der Waals surface area contributed by atoms with Gasteiger partial charge in [-0.3, -0.25) is 27.8 Å². The Labute approximate surface area is 374 Å². The largest absolute Gasteiger partial charge is 0.496 e. The maximum atomic E-state index is 14.8. The standard InChI is InChI=1S/C24H23F3N4O2.C22H18F4N4O2.CH4/c1-4-15-9-17(10-21(33-3)23(15)20(32)5-7-24(25,26)27)19-13-28-22-11-16(6-8-31(19)22)18-12-29-30(2)14-18;1-29-12-15(10-28-29)13-4-6-30-17(11-27-20(30)9-13)14-7-16(23)21(19(8-14)32-2)18(31)3-5-22(24,25)26;/h6,8-14H,4-5,7H2,1-3H3;4,6-12H,3,5H2,1-2H3;1H4. The number of pyridine rings is 2. The lowest BCUT2D eigenvalue weighted by Crippen LogP contribution is -2.13. The van der Waals surface area contributed by atoms with Crippen LogP contribution >= 0.6 is 0 Å². The Hall–Kier alpha value is -7.31. The maximum absolute atomic E-state index is 14.8. The van der Waals surface area contributed by atoms with Crippen LogP contribution in [0.4, 0.5) is 30.7 Å². The third kappa shape index (κ3) is 10.6. The number of alkyl halides is 6. The normalized spacial score (nSPS) is 11.6. The number of carbonyl (C=O) groups excluding carboxylic acids is 2. The molecule has 0 aliphatic carbocycles. The number of hydrogen-bond acceptors (Lipinski definition) is 8. The van der Waals surface area contributed by atoms with Gasteiger partial charge >= 0.3 is 12.4 Å². The van der Waals surface area contributed by atoms with Gasteiger partial charge < -0.3 is 9.47 Å². The van der Waals surface area contributed by atoms with E-state index in [-0.39, 0.29) is 24.5 Å². The highest BCUT2D eigenvalue weighted by atomic mass is 19.4. The summed E-state index contributed by atoms with van der Waals surface area (Å²) >= 11 is 0. The number of benzene rings is 2. The molecule has 0 atom stereocenters. The SMILES string of the molecule is C.CCc1cc(-c2cnc3cc(-c4cnn(C)c4)ccn23)cc(OC)c1C(=O)CCC(F)(F)F.COc1cc(-c2cnc3cc(-c4cnn(C)c4)ccn23)cc(F)c1C(=O)CCC(F)(F)F. The summed E-state index contributed by atoms with van der Waals surface area (Å²) in [5.41, 5.74) is 7.89. The van der Waals surface area contributed by atoms with Crippen LogP contribution < -0.4 is 9.47 Å². The molecule has 0 radical (unpaired) electrons. The lowest BCUT2D eigenvalue weighted by Gasteiger charge is -2.15. The minimum Gasteiger partial charge on any atom is -0.496 e. The first-order valence-electron chi connectivity index (χ1n) is 20.1. The number of ether oxygens (including phenoxy) is 2. The van der Waals surface area contributed by atoms with Crippen molar-refractivity contribution in [2.24, 2.45) is 14.1 Å². The van der Waals surface area contributed by atoms with Crippen LogP contribution in [-0.4, -0.2) is 76.5 Å². The van der Waals surface area contributed by atoms with Gasteiger partial charge in [-0.2, -0.15) is 36.5 Å². The quantitative estimate of drug-likeness (QED) is 0.0827. The lowest BCUT2D eigenvalue weighted by atomic mass is 9.94. The predicted octanol–water partition coefficient (Wildman–Crippen LogP) is 11.2. The van der Waals surface area contributed by atoms with Crippen molar-refractivity contribution in [3.8, 4) is 56.3 Å². The number of fused-ring (bicyclic) bond motifs is 2. The van der Waals surface area contributed by atoms with Crippen molar-refractivity contribution in [2.75, 3.05) is 14.2 Å². The van der Waals surface area contributed by atoms with Crippen molar-refractivity contribution >= 4 is 22.9 Å². The van der Waals surface area contributed by atoms with E-state index in [1.54, 1.807) is 50.8 Å². The molecule has 12 nitrogen and oxygen atoms in total. The summed E-state index contributed by atoms with van der Waals surface area (Å²) in [6, 6.07) is 13.6. The van der Waals surface area contributed by atoms with Gasteiger partial charge in [0, 0.05) is 74.0 Å². The van der Waals surface area contributed by atoms with Crippen LogP contribution in [0.1, 0.15) is 66.3 Å². The molecule has 0 saturated heterocycles. The number of hydrogen-bond donors (Lipinski definition) is 0. The fourth-order valence-corrected chi connectivity index (χ4v) is 7.39. The molecule has 8 aromatic rings. The van der Waals surface area contributed by atoms with E-state index in [1.165, 1.54) is 20.3 Å². The number of ketones is 2. The van der Waals surface area contributed by atoms with Gasteiger partial charge in [-0.05, 0) is 71.6 Å². The van der Waals surface area contributed by atoms with E-state index in [0.717, 1.165) is 45.2 Å². The molecule has 8 rings (SSSR count). The monoisotopic (exact) mass is 918 g/mol. The first-order valence-corrected chi connectivity index (χ1v) is 20.1. The second-order valence-corrected chi connectivity index (χ2v) is 15.1. The second-order valence-electron chi connectivity index (χ2n) is 15.1. The number of rotatable bonds is 13. The molecule has 0 bridgehead atoms. The van der Waals surface area contributed by atoms with E-state index in [4.69, 9.17) is 9.47 Å². The number of methoxy groups -OCH3 is 2. The summed E-state index contributed by atoms with van der Waals surface area (Å²) in [4.78, 5) is 33.7. The number of Topliss-reactive ketones (excluding diaryl/α,β-unsaturated/α-hetero) is 2. The fraction of sp³-hybridized carbons (Fsp3) is 0.277. The summed E-state index contributed by atoms with van der Waals surface area (Å²) in [6.45, 7) is 1.85. The van der Waals surface area contributed by atoms with Gasteiger partial charge in [-0.1, -0.05) is 14.4 Å². The van der Waals surface area contributed by atoms with Crippen LogP contribution in [-0.2, 0) is 20.5 Å². The molecule has 0 amide bonds. The van der Waals surface area contributed by atoms with Crippen molar-refractivity contribution in [2.45, 2.75) is 58.8 Å². The van der Waals surface area contributed by atoms with Crippen LogP contribution in [0, 0.1) is 5.82 Å². The Morgan fingerprint density at radius 1 is 0.606 bits per heavy atom. The number of aromatic nitrogens is 8. The summed E-state index contributed by atoms with van der Waals surface area (Å²) in [7, 11) is 6.31. The van der Waals surface area contributed by atoms with Crippen molar-refractivity contribution in [3.05, 3.63) is 121 Å². The molecule has 66 heavy (non-hydrogen) atoms. The molecule has 0 spiro atoms. The van der Waals surface area contributed by atoms with Crippen LogP contribution in [0.25, 0.3) is 56.1 Å². The smallest absolute Gasteiger partial charge is 0.389 e. The molecule has 0 saturated carbocycles. The van der Waals surface area contributed by atoms with Crippen molar-refractivity contribution < 1.29 is 49.8 Å². The van der Waals surface area contributed by atoms with E-state index in [0.29, 0.717) is 28.9 Å². The van der Waals surface area contributed by atoms with Crippen molar-refractivity contribution in [1.29, 1.82) is 0 Å². The van der Waals surface area contributed by atoms with Gasteiger partial charge in [0.2, 0.25) is 0 Å². The predicted molar refractivity (Wildman–Crippen MR) is 234 cm³/mol. The van der Waals surface area contributed by atoms with Crippen LogP contribution in [0.3, 0.4) is 0 Å². The molecular weight excluding hydrogens is 874 g/mol. The summed E-state index contributed by atoms with van der Waals surface area (Å²) in [6.07, 6.45) is 1.85. The van der Waals surface area contributed by atoms with Gasteiger partial charge in [0.05, 0.1) is 74.4 Å². The Kier molecular flexibility index (Phi) is 14.2. The molecule has 2 aromatic carbocycles. The summed E-state index contributed by atoms with van der Waals surface area (Å²) in [5, 5.41) is 8.35. The zero-order valence-corrected chi connectivity index (χ0v) is 35.6. The molecule has 0 aliphatic heterocycles. The molecule has 346 valence electrons. The van der Waals surface area contributed by atoms with E-state index in [2.05, 4.69) is 20.2 Å². The van der Waals surface area contributed by atoms with Crippen molar-refractivity contribution in [1.82, 2.24) is 38.3 Å². The summed E-state index contributed by atoms with van der Waals surface area (Å²) < 4.78 is 108. The van der Waals surface area contributed by atoms with Gasteiger partial charge in [0.1, 0.15) is 28.6 Å². The second kappa shape index (κ2) is 19.4. The van der Waals surface area contributed by atoms with Crippen LogP contribution in [0.15, 0.2) is 98.1 Å². The lowest BCUT2D eigenvalue weighted by molar-refractivity contribution is -0.134. The zero-order chi connectivity index (χ0) is 46.8.